The van der Waals surface area contributed by atoms with Gasteiger partial charge in [-0.1, -0.05) is 6.92 Å². The van der Waals surface area contributed by atoms with Crippen molar-refractivity contribution in [3.05, 3.63) is 65.0 Å². The second-order valence-corrected chi connectivity index (χ2v) is 4.79. The zero-order valence-corrected chi connectivity index (χ0v) is 11.7. The highest BCUT2D eigenvalue weighted by Gasteiger charge is 2.17. The van der Waals surface area contributed by atoms with Gasteiger partial charge in [0, 0.05) is 30.1 Å². The van der Waals surface area contributed by atoms with Crippen LogP contribution in [-0.4, -0.2) is 11.5 Å². The molecule has 0 saturated carbocycles. The summed E-state index contributed by atoms with van der Waals surface area (Å²) in [6.07, 6.45) is 4.06. The lowest BCUT2D eigenvalue weighted by molar-refractivity contribution is 0.500. The normalized spacial score (nSPS) is 12.4. The van der Waals surface area contributed by atoms with Gasteiger partial charge in [-0.15, -0.1) is 0 Å². The summed E-state index contributed by atoms with van der Waals surface area (Å²) >= 11 is 0. The van der Waals surface area contributed by atoms with E-state index in [1.165, 1.54) is 0 Å². The number of hydrogen-bond acceptors (Lipinski definition) is 2. The number of hydrogen-bond donors (Lipinski definition) is 1. The Hall–Kier alpha value is -1.81. The molecule has 0 spiro atoms. The standard InChI is InChI=1S/C16H18F2N2/c1-3-20-16(9-12-4-6-19-7-5-12)13-8-11(2)14(17)10-15(13)18/h4-8,10,16,20H,3,9H2,1-2H3. The van der Waals surface area contributed by atoms with Crippen LogP contribution in [0.2, 0.25) is 0 Å². The smallest absolute Gasteiger partial charge is 0.130 e. The van der Waals surface area contributed by atoms with Gasteiger partial charge in [0.05, 0.1) is 0 Å². The fraction of sp³-hybridized carbons (Fsp3) is 0.312. The van der Waals surface area contributed by atoms with Gasteiger partial charge in [-0.25, -0.2) is 8.78 Å². The minimum atomic E-state index is -0.509. The molecule has 106 valence electrons. The minimum Gasteiger partial charge on any atom is -0.310 e. The molecule has 0 aliphatic heterocycles. The molecule has 0 amide bonds. The Morgan fingerprint density at radius 2 is 1.85 bits per heavy atom. The van der Waals surface area contributed by atoms with Crippen molar-refractivity contribution in [3.8, 4) is 0 Å². The van der Waals surface area contributed by atoms with E-state index in [0.717, 1.165) is 11.6 Å². The quantitative estimate of drug-likeness (QED) is 0.903. The number of aromatic nitrogens is 1. The molecule has 2 aromatic rings. The Bertz CT molecular complexity index is 570. The van der Waals surface area contributed by atoms with Gasteiger partial charge < -0.3 is 5.32 Å². The third-order valence-electron chi connectivity index (χ3n) is 3.29. The van der Waals surface area contributed by atoms with Gasteiger partial charge in [0.2, 0.25) is 0 Å². The first-order valence-corrected chi connectivity index (χ1v) is 6.69. The predicted molar refractivity (Wildman–Crippen MR) is 75.5 cm³/mol. The van der Waals surface area contributed by atoms with Crippen LogP contribution >= 0.6 is 0 Å². The molecule has 0 bridgehead atoms. The molecule has 20 heavy (non-hydrogen) atoms. The number of nitrogens with zero attached hydrogens (tertiary/aromatic N) is 1. The van der Waals surface area contributed by atoms with Gasteiger partial charge >= 0.3 is 0 Å². The van der Waals surface area contributed by atoms with Crippen molar-refractivity contribution in [2.75, 3.05) is 6.54 Å². The molecule has 2 rings (SSSR count). The maximum absolute atomic E-state index is 14.0. The molecule has 4 heteroatoms. The van der Waals surface area contributed by atoms with E-state index in [1.54, 1.807) is 25.4 Å². The van der Waals surface area contributed by atoms with Crippen LogP contribution in [0.25, 0.3) is 0 Å². The minimum absolute atomic E-state index is 0.179. The molecule has 1 aromatic carbocycles. The Labute approximate surface area is 117 Å². The zero-order valence-electron chi connectivity index (χ0n) is 11.7. The van der Waals surface area contributed by atoms with Crippen LogP contribution in [0.15, 0.2) is 36.7 Å². The van der Waals surface area contributed by atoms with Crippen molar-refractivity contribution in [1.29, 1.82) is 0 Å². The number of rotatable bonds is 5. The van der Waals surface area contributed by atoms with Crippen molar-refractivity contribution in [3.63, 3.8) is 0 Å². The summed E-state index contributed by atoms with van der Waals surface area (Å²) in [4.78, 5) is 3.97. The Balaban J connectivity index is 2.31. The third-order valence-corrected chi connectivity index (χ3v) is 3.29. The second kappa shape index (κ2) is 6.57. The molecular formula is C16H18F2N2. The highest BCUT2D eigenvalue weighted by atomic mass is 19.1. The summed E-state index contributed by atoms with van der Waals surface area (Å²) in [7, 11) is 0. The molecule has 1 aromatic heterocycles. The Kier molecular flexibility index (Phi) is 4.79. The largest absolute Gasteiger partial charge is 0.310 e. The number of benzene rings is 1. The van der Waals surface area contributed by atoms with Crippen molar-refractivity contribution in [2.24, 2.45) is 0 Å². The maximum Gasteiger partial charge on any atom is 0.130 e. The van der Waals surface area contributed by atoms with E-state index < -0.39 is 11.6 Å². The predicted octanol–water partition coefficient (Wildman–Crippen LogP) is 3.56. The first-order chi connectivity index (χ1) is 9.61. The van der Waals surface area contributed by atoms with Crippen LogP contribution in [0, 0.1) is 18.6 Å². The maximum atomic E-state index is 14.0. The van der Waals surface area contributed by atoms with E-state index in [1.807, 2.05) is 19.1 Å². The average Bonchev–Trinajstić information content (AvgIpc) is 2.44. The lowest BCUT2D eigenvalue weighted by Gasteiger charge is -2.20. The van der Waals surface area contributed by atoms with E-state index in [0.29, 0.717) is 24.1 Å². The molecular weight excluding hydrogens is 258 g/mol. The summed E-state index contributed by atoms with van der Waals surface area (Å²) in [5, 5.41) is 3.25. The molecule has 1 unspecified atom stereocenters. The molecule has 2 nitrogen and oxygen atoms in total. The zero-order chi connectivity index (χ0) is 14.5. The van der Waals surface area contributed by atoms with E-state index in [2.05, 4.69) is 10.3 Å². The van der Waals surface area contributed by atoms with Crippen LogP contribution in [0.3, 0.4) is 0 Å². The van der Waals surface area contributed by atoms with Crippen LogP contribution in [0.5, 0.6) is 0 Å². The van der Waals surface area contributed by atoms with Gasteiger partial charge in [0.25, 0.3) is 0 Å². The van der Waals surface area contributed by atoms with Crippen molar-refractivity contribution in [1.82, 2.24) is 10.3 Å². The van der Waals surface area contributed by atoms with E-state index in [-0.39, 0.29) is 6.04 Å². The Morgan fingerprint density at radius 1 is 1.15 bits per heavy atom. The number of likely N-dealkylation sites (N-methyl/N-ethyl adjacent to an activating group) is 1. The Morgan fingerprint density at radius 3 is 2.50 bits per heavy atom. The van der Waals surface area contributed by atoms with Crippen LogP contribution in [0.1, 0.15) is 29.7 Å². The van der Waals surface area contributed by atoms with Gasteiger partial charge in [0.1, 0.15) is 11.6 Å². The summed E-state index contributed by atoms with van der Waals surface area (Å²) in [5.74, 6) is -1.02. The molecule has 1 atom stereocenters. The van der Waals surface area contributed by atoms with E-state index in [9.17, 15) is 8.78 Å². The van der Waals surface area contributed by atoms with Gasteiger partial charge in [-0.2, -0.15) is 0 Å². The lowest BCUT2D eigenvalue weighted by atomic mass is 9.97. The summed E-state index contributed by atoms with van der Waals surface area (Å²) < 4.78 is 27.4. The molecule has 1 heterocycles. The number of halogens is 2. The average molecular weight is 276 g/mol. The van der Waals surface area contributed by atoms with Gasteiger partial charge in [-0.3, -0.25) is 4.98 Å². The van der Waals surface area contributed by atoms with Crippen LogP contribution < -0.4 is 5.32 Å². The van der Waals surface area contributed by atoms with Gasteiger partial charge in [-0.05, 0) is 49.2 Å². The SMILES string of the molecule is CCNC(Cc1ccncc1)c1cc(C)c(F)cc1F. The van der Waals surface area contributed by atoms with Crippen LogP contribution in [-0.2, 0) is 6.42 Å². The fourth-order valence-electron chi connectivity index (χ4n) is 2.24. The molecule has 1 N–H and O–H groups in total. The topological polar surface area (TPSA) is 24.9 Å². The van der Waals surface area contributed by atoms with Crippen LogP contribution in [0.4, 0.5) is 8.78 Å². The fourth-order valence-corrected chi connectivity index (χ4v) is 2.24. The first kappa shape index (κ1) is 14.6. The second-order valence-electron chi connectivity index (χ2n) is 4.79. The number of aryl methyl sites for hydroxylation is 1. The highest BCUT2D eigenvalue weighted by molar-refractivity contribution is 5.29. The molecule has 0 saturated heterocycles. The monoisotopic (exact) mass is 276 g/mol. The van der Waals surface area contributed by atoms with Crippen molar-refractivity contribution in [2.45, 2.75) is 26.3 Å². The molecule has 0 fully saturated rings. The lowest BCUT2D eigenvalue weighted by Crippen LogP contribution is -2.24. The van der Waals surface area contributed by atoms with E-state index >= 15 is 0 Å². The summed E-state index contributed by atoms with van der Waals surface area (Å²) in [6.45, 7) is 4.33. The van der Waals surface area contributed by atoms with Crippen molar-refractivity contribution < 1.29 is 8.78 Å². The number of pyridine rings is 1. The van der Waals surface area contributed by atoms with Crippen molar-refractivity contribution >= 4 is 0 Å². The first-order valence-electron chi connectivity index (χ1n) is 6.69. The molecule has 0 aliphatic rings. The summed E-state index contributed by atoms with van der Waals surface area (Å²) in [5.41, 5.74) is 2.02. The highest BCUT2D eigenvalue weighted by Crippen LogP contribution is 2.24. The molecule has 0 radical (unpaired) electrons. The van der Waals surface area contributed by atoms with Gasteiger partial charge in [0.15, 0.2) is 0 Å². The van der Waals surface area contributed by atoms with E-state index in [4.69, 9.17) is 0 Å². The molecule has 0 aliphatic carbocycles. The summed E-state index contributed by atoms with van der Waals surface area (Å²) in [6, 6.07) is 6.17. The number of nitrogens with one attached hydrogen (secondary N) is 1. The third kappa shape index (κ3) is 3.39.